The second-order valence-electron chi connectivity index (χ2n) is 6.90. The van der Waals surface area contributed by atoms with E-state index >= 15 is 0 Å². The number of aromatic nitrogens is 2. The van der Waals surface area contributed by atoms with Crippen LogP contribution in [0.1, 0.15) is 38.1 Å². The number of ketones is 1. The number of morpholine rings is 1. The number of nitrogens with zero attached hydrogens (tertiary/aromatic N) is 2. The summed E-state index contributed by atoms with van der Waals surface area (Å²) < 4.78 is 6.89. The van der Waals surface area contributed by atoms with Gasteiger partial charge in [0.15, 0.2) is 5.78 Å². The molecule has 8 nitrogen and oxygen atoms in total. The van der Waals surface area contributed by atoms with Crippen molar-refractivity contribution in [1.82, 2.24) is 14.5 Å². The zero-order chi connectivity index (χ0) is 18.0. The molecule has 0 spiro atoms. The van der Waals surface area contributed by atoms with E-state index in [9.17, 15) is 14.4 Å². The first-order valence-corrected chi connectivity index (χ1v) is 8.22. The van der Waals surface area contributed by atoms with Crippen LogP contribution in [0.2, 0.25) is 0 Å². The molecule has 0 saturated carbocycles. The van der Waals surface area contributed by atoms with Gasteiger partial charge in [-0.3, -0.25) is 24.0 Å². The van der Waals surface area contributed by atoms with Crippen LogP contribution in [0.25, 0.3) is 0 Å². The standard InChI is InChI=1S/C16H26N4O4/c1-9(2)5-20-14(17)13(15(22)18-16(20)23)12(21)8-19-6-10(3)24-11(4)7-19/h9-11H,5-8,17H2,1-4H3,(H,18,22,23)/t10-,11+. The molecule has 1 saturated heterocycles. The minimum atomic E-state index is -0.725. The number of nitrogens with two attached hydrogens (primary N) is 1. The fraction of sp³-hybridized carbons (Fsp3) is 0.688. The molecule has 0 unspecified atom stereocenters. The van der Waals surface area contributed by atoms with Crippen LogP contribution in [-0.4, -0.2) is 52.1 Å². The van der Waals surface area contributed by atoms with E-state index < -0.39 is 11.2 Å². The van der Waals surface area contributed by atoms with Gasteiger partial charge < -0.3 is 10.5 Å². The maximum Gasteiger partial charge on any atom is 0.329 e. The number of anilines is 1. The van der Waals surface area contributed by atoms with E-state index in [1.54, 1.807) is 0 Å². The maximum absolute atomic E-state index is 12.6. The summed E-state index contributed by atoms with van der Waals surface area (Å²) in [5, 5.41) is 0. The highest BCUT2D eigenvalue weighted by atomic mass is 16.5. The van der Waals surface area contributed by atoms with Crippen molar-refractivity contribution in [2.75, 3.05) is 25.4 Å². The van der Waals surface area contributed by atoms with Gasteiger partial charge in [0, 0.05) is 19.6 Å². The predicted molar refractivity (Wildman–Crippen MR) is 91.4 cm³/mol. The normalized spacial score (nSPS) is 22.0. The monoisotopic (exact) mass is 338 g/mol. The van der Waals surface area contributed by atoms with Crippen LogP contribution < -0.4 is 17.0 Å². The van der Waals surface area contributed by atoms with Gasteiger partial charge in [-0.05, 0) is 19.8 Å². The molecule has 2 heterocycles. The summed E-state index contributed by atoms with van der Waals surface area (Å²) in [5.74, 6) is -0.288. The molecule has 0 bridgehead atoms. The smallest absolute Gasteiger partial charge is 0.329 e. The van der Waals surface area contributed by atoms with E-state index in [4.69, 9.17) is 10.5 Å². The van der Waals surface area contributed by atoms with E-state index in [1.165, 1.54) is 4.57 Å². The number of ether oxygens (including phenoxy) is 1. The largest absolute Gasteiger partial charge is 0.384 e. The molecule has 1 aliphatic heterocycles. The summed E-state index contributed by atoms with van der Waals surface area (Å²) >= 11 is 0. The van der Waals surface area contributed by atoms with Crippen molar-refractivity contribution in [2.24, 2.45) is 5.92 Å². The third-order valence-electron chi connectivity index (χ3n) is 3.93. The molecule has 1 fully saturated rings. The third-order valence-corrected chi connectivity index (χ3v) is 3.93. The fourth-order valence-electron chi connectivity index (χ4n) is 3.10. The first-order valence-electron chi connectivity index (χ1n) is 8.22. The SMILES string of the molecule is CC(C)Cn1c(N)c(C(=O)CN2C[C@@H](C)O[C@@H](C)C2)c(=O)[nH]c1=O. The highest BCUT2D eigenvalue weighted by molar-refractivity contribution is 6.01. The van der Waals surface area contributed by atoms with Crippen LogP contribution in [0, 0.1) is 5.92 Å². The predicted octanol–water partition coefficient (Wildman–Crippen LogP) is 0.0667. The number of Topliss-reactive ketones (excluding diaryl/α,β-unsaturated/α-hetero) is 1. The number of hydrogen-bond donors (Lipinski definition) is 2. The molecule has 1 aliphatic rings. The van der Waals surface area contributed by atoms with Gasteiger partial charge in [0.2, 0.25) is 0 Å². The van der Waals surface area contributed by atoms with Crippen LogP contribution in [0.3, 0.4) is 0 Å². The molecule has 24 heavy (non-hydrogen) atoms. The van der Waals surface area contributed by atoms with Crippen LogP contribution in [0.4, 0.5) is 5.82 Å². The summed E-state index contributed by atoms with van der Waals surface area (Å²) in [5.41, 5.74) is 4.52. The molecule has 0 aliphatic carbocycles. The number of carbonyl (C=O) groups excluding carboxylic acids is 1. The average molecular weight is 338 g/mol. The van der Waals surface area contributed by atoms with Crippen LogP contribution in [0.5, 0.6) is 0 Å². The van der Waals surface area contributed by atoms with E-state index in [0.717, 1.165) is 0 Å². The van der Waals surface area contributed by atoms with Crippen molar-refractivity contribution in [2.45, 2.75) is 46.4 Å². The molecule has 3 N–H and O–H groups in total. The van der Waals surface area contributed by atoms with Crippen LogP contribution in [0.15, 0.2) is 9.59 Å². The lowest BCUT2D eigenvalue weighted by Gasteiger charge is -2.34. The molecule has 2 rings (SSSR count). The number of H-pyrrole nitrogens is 1. The quantitative estimate of drug-likeness (QED) is 0.735. The molecule has 134 valence electrons. The molecule has 1 aromatic rings. The number of carbonyl (C=O) groups is 1. The van der Waals surface area contributed by atoms with Gasteiger partial charge in [0.05, 0.1) is 18.8 Å². The van der Waals surface area contributed by atoms with Gasteiger partial charge in [0.25, 0.3) is 5.56 Å². The van der Waals surface area contributed by atoms with E-state index in [0.29, 0.717) is 19.6 Å². The molecular weight excluding hydrogens is 312 g/mol. The topological polar surface area (TPSA) is 110 Å². The van der Waals surface area contributed by atoms with Crippen molar-refractivity contribution < 1.29 is 9.53 Å². The second kappa shape index (κ2) is 7.31. The molecule has 8 heteroatoms. The first kappa shape index (κ1) is 18.4. The van der Waals surface area contributed by atoms with Gasteiger partial charge in [-0.15, -0.1) is 0 Å². The van der Waals surface area contributed by atoms with Gasteiger partial charge in [-0.25, -0.2) is 4.79 Å². The molecule has 0 aromatic carbocycles. The highest BCUT2D eigenvalue weighted by Gasteiger charge is 2.26. The minimum absolute atomic E-state index is 0.0204. The number of aromatic amines is 1. The summed E-state index contributed by atoms with van der Waals surface area (Å²) in [6.45, 7) is 9.37. The zero-order valence-electron chi connectivity index (χ0n) is 14.7. The lowest BCUT2D eigenvalue weighted by atomic mass is 10.1. The molecule has 2 atom stereocenters. The van der Waals surface area contributed by atoms with Crippen LogP contribution in [-0.2, 0) is 11.3 Å². The summed E-state index contributed by atoms with van der Waals surface area (Å²) in [7, 11) is 0. The Kier molecular flexibility index (Phi) is 5.61. The highest BCUT2D eigenvalue weighted by Crippen LogP contribution is 2.13. The molecular formula is C16H26N4O4. The van der Waals surface area contributed by atoms with Crippen molar-refractivity contribution >= 4 is 11.6 Å². The lowest BCUT2D eigenvalue weighted by molar-refractivity contribution is -0.0652. The van der Waals surface area contributed by atoms with E-state index in [-0.39, 0.29) is 41.8 Å². The Bertz CT molecular complexity index is 712. The first-order chi connectivity index (χ1) is 11.2. The van der Waals surface area contributed by atoms with E-state index in [1.807, 2.05) is 32.6 Å². The van der Waals surface area contributed by atoms with Crippen LogP contribution >= 0.6 is 0 Å². The number of nitrogens with one attached hydrogen (secondary N) is 1. The van der Waals surface area contributed by atoms with Crippen molar-refractivity contribution in [1.29, 1.82) is 0 Å². The number of rotatable bonds is 5. The molecule has 0 radical (unpaired) electrons. The minimum Gasteiger partial charge on any atom is -0.384 e. The average Bonchev–Trinajstić information content (AvgIpc) is 2.41. The molecule has 1 aromatic heterocycles. The fourth-order valence-corrected chi connectivity index (χ4v) is 3.10. The van der Waals surface area contributed by atoms with E-state index in [2.05, 4.69) is 4.98 Å². The Morgan fingerprint density at radius 1 is 1.29 bits per heavy atom. The Labute approximate surface area is 140 Å². The van der Waals surface area contributed by atoms with Crippen molar-refractivity contribution in [3.05, 3.63) is 26.4 Å². The van der Waals surface area contributed by atoms with Gasteiger partial charge in [-0.1, -0.05) is 13.8 Å². The lowest BCUT2D eigenvalue weighted by Crippen LogP contribution is -2.48. The Morgan fingerprint density at radius 2 is 1.88 bits per heavy atom. The van der Waals surface area contributed by atoms with Gasteiger partial charge in [-0.2, -0.15) is 0 Å². The zero-order valence-corrected chi connectivity index (χ0v) is 14.7. The van der Waals surface area contributed by atoms with Crippen molar-refractivity contribution in [3.8, 4) is 0 Å². The Hall–Kier alpha value is -1.93. The maximum atomic E-state index is 12.6. The summed E-state index contributed by atoms with van der Waals surface area (Å²) in [6.07, 6.45) is 0.0409. The summed E-state index contributed by atoms with van der Waals surface area (Å²) in [6, 6.07) is 0. The second-order valence-corrected chi connectivity index (χ2v) is 6.90. The van der Waals surface area contributed by atoms with Crippen molar-refractivity contribution in [3.63, 3.8) is 0 Å². The van der Waals surface area contributed by atoms with Gasteiger partial charge >= 0.3 is 5.69 Å². The Balaban J connectivity index is 2.29. The third kappa shape index (κ3) is 4.12. The Morgan fingerprint density at radius 3 is 2.42 bits per heavy atom. The van der Waals surface area contributed by atoms with Gasteiger partial charge in [0.1, 0.15) is 11.4 Å². The number of nitrogen functional groups attached to an aromatic ring is 1. The summed E-state index contributed by atoms with van der Waals surface area (Å²) in [4.78, 5) is 40.8. The molecule has 0 amide bonds. The number of hydrogen-bond acceptors (Lipinski definition) is 6.